The summed E-state index contributed by atoms with van der Waals surface area (Å²) in [6.07, 6.45) is 0.697. The molecule has 82 valence electrons. The van der Waals surface area contributed by atoms with Crippen LogP contribution >= 0.6 is 0 Å². The number of Topliss-reactive ketones (excluding diaryl/α,β-unsaturated/α-hetero) is 1. The van der Waals surface area contributed by atoms with Gasteiger partial charge in [-0.2, -0.15) is 0 Å². The van der Waals surface area contributed by atoms with Gasteiger partial charge in [0.2, 0.25) is 0 Å². The van der Waals surface area contributed by atoms with E-state index in [-0.39, 0.29) is 5.78 Å². The lowest BCUT2D eigenvalue weighted by Crippen LogP contribution is -1.96. The Morgan fingerprint density at radius 3 is 2.33 bits per heavy atom. The Hall–Kier alpha value is -1.64. The van der Waals surface area contributed by atoms with E-state index in [0.29, 0.717) is 23.2 Å². The highest BCUT2D eigenvalue weighted by Crippen LogP contribution is 2.18. The number of hydrogen-bond acceptors (Lipinski definition) is 3. The Balaban J connectivity index is 0.000000921. The smallest absolute Gasteiger partial charge is 0.159 e. The van der Waals surface area contributed by atoms with Crippen molar-refractivity contribution >= 4 is 12.1 Å². The van der Waals surface area contributed by atoms with Crippen molar-refractivity contribution in [2.24, 2.45) is 0 Å². The van der Waals surface area contributed by atoms with Crippen molar-refractivity contribution < 1.29 is 14.3 Å². The van der Waals surface area contributed by atoms with Gasteiger partial charge in [-0.05, 0) is 19.1 Å². The molecule has 0 atom stereocenters. The zero-order chi connectivity index (χ0) is 11.8. The van der Waals surface area contributed by atoms with E-state index in [2.05, 4.69) is 0 Å². The first kappa shape index (κ1) is 13.4. The van der Waals surface area contributed by atoms with E-state index in [1.165, 1.54) is 14.0 Å². The predicted molar refractivity (Wildman–Crippen MR) is 59.7 cm³/mol. The van der Waals surface area contributed by atoms with Crippen LogP contribution in [0.5, 0.6) is 5.75 Å². The second-order valence-corrected chi connectivity index (χ2v) is 2.63. The van der Waals surface area contributed by atoms with Crippen LogP contribution in [-0.2, 0) is 0 Å². The first-order valence-electron chi connectivity index (χ1n) is 4.83. The Morgan fingerprint density at radius 1 is 1.33 bits per heavy atom. The fourth-order valence-corrected chi connectivity index (χ4v) is 1.03. The molecule has 0 amide bonds. The molecule has 1 aromatic rings. The summed E-state index contributed by atoms with van der Waals surface area (Å²) in [4.78, 5) is 21.5. The third kappa shape index (κ3) is 3.54. The fourth-order valence-electron chi connectivity index (χ4n) is 1.03. The lowest BCUT2D eigenvalue weighted by molar-refractivity contribution is 0.101. The first-order valence-corrected chi connectivity index (χ1v) is 4.83. The summed E-state index contributed by atoms with van der Waals surface area (Å²) in [5.74, 6) is 0.387. The van der Waals surface area contributed by atoms with E-state index in [0.717, 1.165) is 0 Å². The molecule has 0 aliphatic carbocycles. The molecule has 0 bridgehead atoms. The molecule has 0 saturated heterocycles. The highest BCUT2D eigenvalue weighted by atomic mass is 16.5. The molecule has 0 aromatic heterocycles. The maximum atomic E-state index is 11.0. The minimum absolute atomic E-state index is 0.0456. The summed E-state index contributed by atoms with van der Waals surface area (Å²) in [5, 5.41) is 0. The van der Waals surface area contributed by atoms with Gasteiger partial charge in [0, 0.05) is 5.56 Å². The molecule has 3 heteroatoms. The number of hydrogen-bond donors (Lipinski definition) is 0. The van der Waals surface area contributed by atoms with Crippen molar-refractivity contribution in [2.45, 2.75) is 20.8 Å². The second kappa shape index (κ2) is 6.76. The number of methoxy groups -OCH3 is 1. The number of carbonyl (C=O) groups excluding carboxylic acids is 2. The standard InChI is InChI=1S/C10H10O3.C2H6/c1-7(12)8-3-4-9(6-11)10(5-8)13-2;1-2/h3-6H,1-2H3;1-2H3. The molecular formula is C12H16O3. The SMILES string of the molecule is CC.COc1cc(C(C)=O)ccc1C=O. The minimum Gasteiger partial charge on any atom is -0.496 e. The van der Waals surface area contributed by atoms with Gasteiger partial charge in [0.05, 0.1) is 12.7 Å². The van der Waals surface area contributed by atoms with Crippen molar-refractivity contribution in [3.8, 4) is 5.75 Å². The number of ketones is 1. The number of carbonyl (C=O) groups is 2. The molecule has 0 spiro atoms. The van der Waals surface area contributed by atoms with Crippen molar-refractivity contribution in [3.63, 3.8) is 0 Å². The van der Waals surface area contributed by atoms with Crippen LogP contribution in [0.4, 0.5) is 0 Å². The van der Waals surface area contributed by atoms with Crippen LogP contribution < -0.4 is 4.74 Å². The average molecular weight is 208 g/mol. The molecule has 0 radical (unpaired) electrons. The zero-order valence-corrected chi connectivity index (χ0v) is 9.53. The van der Waals surface area contributed by atoms with Crippen molar-refractivity contribution in [2.75, 3.05) is 7.11 Å². The summed E-state index contributed by atoms with van der Waals surface area (Å²) in [6.45, 7) is 5.47. The third-order valence-corrected chi connectivity index (χ3v) is 1.77. The first-order chi connectivity index (χ1) is 7.19. The van der Waals surface area contributed by atoms with Gasteiger partial charge in [-0.25, -0.2) is 0 Å². The summed E-state index contributed by atoms with van der Waals surface area (Å²) in [5.41, 5.74) is 0.995. The Labute approximate surface area is 90.1 Å². The number of aldehydes is 1. The van der Waals surface area contributed by atoms with Crippen LogP contribution in [0.25, 0.3) is 0 Å². The van der Waals surface area contributed by atoms with Crippen LogP contribution in [0.15, 0.2) is 18.2 Å². The molecule has 0 N–H and O–H groups in total. The normalized spacial score (nSPS) is 8.53. The molecule has 0 aliphatic rings. The Kier molecular flexibility index (Phi) is 6.02. The largest absolute Gasteiger partial charge is 0.496 e. The van der Waals surface area contributed by atoms with Crippen molar-refractivity contribution in [3.05, 3.63) is 29.3 Å². The molecule has 1 rings (SSSR count). The average Bonchev–Trinajstić information content (AvgIpc) is 2.30. The molecule has 0 aliphatic heterocycles. The summed E-state index contributed by atoms with van der Waals surface area (Å²) in [7, 11) is 1.46. The van der Waals surface area contributed by atoms with Crippen molar-refractivity contribution in [1.82, 2.24) is 0 Å². The van der Waals surface area contributed by atoms with Gasteiger partial charge in [-0.15, -0.1) is 0 Å². The van der Waals surface area contributed by atoms with Gasteiger partial charge in [0.1, 0.15) is 5.75 Å². The Morgan fingerprint density at radius 2 is 1.93 bits per heavy atom. The van der Waals surface area contributed by atoms with Gasteiger partial charge >= 0.3 is 0 Å². The molecule has 0 fully saturated rings. The number of benzene rings is 1. The van der Waals surface area contributed by atoms with Crippen LogP contribution in [0.3, 0.4) is 0 Å². The van der Waals surface area contributed by atoms with E-state index in [1.807, 2.05) is 13.8 Å². The highest BCUT2D eigenvalue weighted by Gasteiger charge is 2.05. The van der Waals surface area contributed by atoms with Gasteiger partial charge < -0.3 is 4.74 Å². The monoisotopic (exact) mass is 208 g/mol. The van der Waals surface area contributed by atoms with Crippen LogP contribution in [-0.4, -0.2) is 19.2 Å². The zero-order valence-electron chi connectivity index (χ0n) is 9.53. The van der Waals surface area contributed by atoms with Crippen LogP contribution in [0, 0.1) is 0 Å². The van der Waals surface area contributed by atoms with Gasteiger partial charge in [0.25, 0.3) is 0 Å². The highest BCUT2D eigenvalue weighted by molar-refractivity contribution is 5.95. The van der Waals surface area contributed by atoms with Gasteiger partial charge in [-0.1, -0.05) is 19.9 Å². The molecule has 0 unspecified atom stereocenters. The van der Waals surface area contributed by atoms with Crippen molar-refractivity contribution in [1.29, 1.82) is 0 Å². The fraction of sp³-hybridized carbons (Fsp3) is 0.333. The second-order valence-electron chi connectivity index (χ2n) is 2.63. The van der Waals surface area contributed by atoms with E-state index in [4.69, 9.17) is 4.74 Å². The number of ether oxygens (including phenoxy) is 1. The quantitative estimate of drug-likeness (QED) is 0.566. The topological polar surface area (TPSA) is 43.4 Å². The maximum absolute atomic E-state index is 11.0. The third-order valence-electron chi connectivity index (χ3n) is 1.77. The van der Waals surface area contributed by atoms with E-state index in [1.54, 1.807) is 18.2 Å². The molecule has 15 heavy (non-hydrogen) atoms. The number of rotatable bonds is 3. The van der Waals surface area contributed by atoms with E-state index in [9.17, 15) is 9.59 Å². The van der Waals surface area contributed by atoms with Gasteiger partial charge in [-0.3, -0.25) is 9.59 Å². The lowest BCUT2D eigenvalue weighted by Gasteiger charge is -2.04. The van der Waals surface area contributed by atoms with Gasteiger partial charge in [0.15, 0.2) is 12.1 Å². The van der Waals surface area contributed by atoms with Crippen LogP contribution in [0.1, 0.15) is 41.5 Å². The van der Waals surface area contributed by atoms with Crippen LogP contribution in [0.2, 0.25) is 0 Å². The maximum Gasteiger partial charge on any atom is 0.159 e. The molecule has 0 saturated carbocycles. The Bertz CT molecular complexity index is 343. The lowest BCUT2D eigenvalue weighted by atomic mass is 10.1. The van der Waals surface area contributed by atoms with E-state index >= 15 is 0 Å². The summed E-state index contributed by atoms with van der Waals surface area (Å²) in [6, 6.07) is 4.74. The molecule has 0 heterocycles. The molecule has 3 nitrogen and oxygen atoms in total. The van der Waals surface area contributed by atoms with E-state index < -0.39 is 0 Å². The summed E-state index contributed by atoms with van der Waals surface area (Å²) < 4.78 is 4.94. The predicted octanol–water partition coefficient (Wildman–Crippen LogP) is 2.74. The molecule has 1 aromatic carbocycles. The molecular weight excluding hydrogens is 192 g/mol. The minimum atomic E-state index is -0.0456. The summed E-state index contributed by atoms with van der Waals surface area (Å²) >= 11 is 0.